The molecular formula is C14H24N4O3. The number of carbonyl (C=O) groups is 1. The number of carbonyl (C=O) groups excluding carboxylic acids is 1. The molecule has 21 heavy (non-hydrogen) atoms. The molecule has 0 atom stereocenters. The molecule has 1 aromatic rings. The van der Waals surface area contributed by atoms with Crippen molar-refractivity contribution in [2.24, 2.45) is 0 Å². The van der Waals surface area contributed by atoms with E-state index in [1.807, 2.05) is 19.3 Å². The monoisotopic (exact) mass is 296 g/mol. The average Bonchev–Trinajstić information content (AvgIpc) is 2.93. The van der Waals surface area contributed by atoms with Gasteiger partial charge in [0.05, 0.1) is 19.8 Å². The Morgan fingerprint density at radius 1 is 1.33 bits per heavy atom. The van der Waals surface area contributed by atoms with Gasteiger partial charge >= 0.3 is 6.09 Å². The van der Waals surface area contributed by atoms with Crippen LogP contribution in [0.1, 0.15) is 12.7 Å². The van der Waals surface area contributed by atoms with Crippen LogP contribution in [0.15, 0.2) is 12.4 Å². The minimum Gasteiger partial charge on any atom is -0.450 e. The maximum atomic E-state index is 11.6. The highest BCUT2D eigenvalue weighted by atomic mass is 16.6. The number of amides is 1. The second-order valence-electron chi connectivity index (χ2n) is 4.99. The van der Waals surface area contributed by atoms with Gasteiger partial charge in [0, 0.05) is 52.2 Å². The van der Waals surface area contributed by atoms with Gasteiger partial charge < -0.3 is 18.9 Å². The summed E-state index contributed by atoms with van der Waals surface area (Å²) < 4.78 is 12.2. The molecule has 0 radical (unpaired) electrons. The number of ether oxygens (including phenoxy) is 2. The first-order valence-electron chi connectivity index (χ1n) is 7.37. The highest BCUT2D eigenvalue weighted by Crippen LogP contribution is 2.08. The van der Waals surface area contributed by atoms with Crippen LogP contribution in [0.3, 0.4) is 0 Å². The number of rotatable bonds is 6. The van der Waals surface area contributed by atoms with Crippen molar-refractivity contribution in [1.82, 2.24) is 19.4 Å². The van der Waals surface area contributed by atoms with Crippen LogP contribution < -0.4 is 0 Å². The van der Waals surface area contributed by atoms with Gasteiger partial charge in [-0.1, -0.05) is 0 Å². The molecule has 2 rings (SSSR count). The van der Waals surface area contributed by atoms with E-state index in [1.165, 1.54) is 0 Å². The minimum atomic E-state index is -0.209. The van der Waals surface area contributed by atoms with E-state index in [-0.39, 0.29) is 6.09 Å². The van der Waals surface area contributed by atoms with E-state index in [9.17, 15) is 4.79 Å². The molecule has 0 bridgehead atoms. The summed E-state index contributed by atoms with van der Waals surface area (Å²) in [6, 6.07) is 0. The number of nitrogens with zero attached hydrogens (tertiary/aromatic N) is 4. The third kappa shape index (κ3) is 4.44. The van der Waals surface area contributed by atoms with Gasteiger partial charge in [0.15, 0.2) is 0 Å². The van der Waals surface area contributed by atoms with Crippen LogP contribution in [0.25, 0.3) is 0 Å². The first kappa shape index (κ1) is 15.8. The molecule has 7 nitrogen and oxygen atoms in total. The Hall–Kier alpha value is -1.60. The number of hydrogen-bond donors (Lipinski definition) is 0. The number of hydrogen-bond acceptors (Lipinski definition) is 5. The van der Waals surface area contributed by atoms with Crippen molar-refractivity contribution >= 4 is 6.09 Å². The lowest BCUT2D eigenvalue weighted by Crippen LogP contribution is -2.48. The molecule has 0 saturated carbocycles. The molecule has 1 fully saturated rings. The summed E-state index contributed by atoms with van der Waals surface area (Å²) in [6.07, 6.45) is 3.59. The Kier molecular flexibility index (Phi) is 6.01. The van der Waals surface area contributed by atoms with E-state index in [4.69, 9.17) is 9.47 Å². The predicted molar refractivity (Wildman–Crippen MR) is 78.0 cm³/mol. The number of aromatic nitrogens is 2. The Morgan fingerprint density at radius 3 is 2.76 bits per heavy atom. The van der Waals surface area contributed by atoms with Crippen molar-refractivity contribution in [2.45, 2.75) is 20.0 Å². The highest BCUT2D eigenvalue weighted by Gasteiger charge is 2.22. The summed E-state index contributed by atoms with van der Waals surface area (Å²) in [5, 5.41) is 0. The van der Waals surface area contributed by atoms with E-state index in [2.05, 4.69) is 14.5 Å². The standard InChI is InChI=1S/C14H24N4O3/c1-3-21-14(19)18-8-6-16(7-9-18)12-13-15-4-5-17(13)10-11-20-2/h4-5H,3,6-12H2,1-2H3. The Labute approximate surface area is 125 Å². The lowest BCUT2D eigenvalue weighted by atomic mass is 10.3. The number of imidazole rings is 1. The molecule has 1 aliphatic heterocycles. The van der Waals surface area contributed by atoms with Crippen LogP contribution in [0.5, 0.6) is 0 Å². The van der Waals surface area contributed by atoms with Gasteiger partial charge in [-0.15, -0.1) is 0 Å². The molecule has 7 heteroatoms. The zero-order valence-corrected chi connectivity index (χ0v) is 12.8. The molecule has 1 aromatic heterocycles. The zero-order chi connectivity index (χ0) is 15.1. The first-order valence-corrected chi connectivity index (χ1v) is 7.37. The van der Waals surface area contributed by atoms with Crippen molar-refractivity contribution in [1.29, 1.82) is 0 Å². The molecule has 1 amide bonds. The zero-order valence-electron chi connectivity index (χ0n) is 12.8. The maximum Gasteiger partial charge on any atom is 0.409 e. The molecule has 1 saturated heterocycles. The normalized spacial score (nSPS) is 16.2. The van der Waals surface area contributed by atoms with Gasteiger partial charge in [-0.3, -0.25) is 4.90 Å². The van der Waals surface area contributed by atoms with Crippen LogP contribution in [0.2, 0.25) is 0 Å². The van der Waals surface area contributed by atoms with Crippen LogP contribution in [0, 0.1) is 0 Å². The van der Waals surface area contributed by atoms with E-state index >= 15 is 0 Å². The van der Waals surface area contributed by atoms with Gasteiger partial charge in [0.25, 0.3) is 0 Å². The quantitative estimate of drug-likeness (QED) is 0.777. The molecular weight excluding hydrogens is 272 g/mol. The maximum absolute atomic E-state index is 11.6. The summed E-state index contributed by atoms with van der Waals surface area (Å²) in [4.78, 5) is 20.1. The van der Waals surface area contributed by atoms with Crippen molar-refractivity contribution in [3.63, 3.8) is 0 Å². The fourth-order valence-electron chi connectivity index (χ4n) is 2.39. The van der Waals surface area contributed by atoms with Gasteiger partial charge in [0.2, 0.25) is 0 Å². The second-order valence-corrected chi connectivity index (χ2v) is 4.99. The van der Waals surface area contributed by atoms with Crippen molar-refractivity contribution in [2.75, 3.05) is 46.5 Å². The van der Waals surface area contributed by atoms with Crippen LogP contribution >= 0.6 is 0 Å². The average molecular weight is 296 g/mol. The van der Waals surface area contributed by atoms with Gasteiger partial charge in [-0.05, 0) is 6.92 Å². The van der Waals surface area contributed by atoms with E-state index in [1.54, 1.807) is 12.0 Å². The predicted octanol–water partition coefficient (Wildman–Crippen LogP) is 0.804. The SMILES string of the molecule is CCOC(=O)N1CCN(Cc2nccn2CCOC)CC1. The lowest BCUT2D eigenvalue weighted by molar-refractivity contribution is 0.0767. The van der Waals surface area contributed by atoms with Crippen LogP contribution in [0.4, 0.5) is 4.79 Å². The van der Waals surface area contributed by atoms with Crippen molar-refractivity contribution in [3.8, 4) is 0 Å². The summed E-state index contributed by atoms with van der Waals surface area (Å²) in [5.41, 5.74) is 0. The Morgan fingerprint density at radius 2 is 2.10 bits per heavy atom. The molecule has 1 aliphatic rings. The van der Waals surface area contributed by atoms with E-state index < -0.39 is 0 Å². The molecule has 2 heterocycles. The van der Waals surface area contributed by atoms with Crippen LogP contribution in [-0.4, -0.2) is 71.9 Å². The largest absolute Gasteiger partial charge is 0.450 e. The number of piperazine rings is 1. The summed E-state index contributed by atoms with van der Waals surface area (Å²) in [6.45, 7) is 7.65. The van der Waals surface area contributed by atoms with Gasteiger partial charge in [-0.2, -0.15) is 0 Å². The number of methoxy groups -OCH3 is 1. The Bertz CT molecular complexity index is 441. The van der Waals surface area contributed by atoms with Crippen molar-refractivity contribution in [3.05, 3.63) is 18.2 Å². The molecule has 118 valence electrons. The molecule has 0 aromatic carbocycles. The van der Waals surface area contributed by atoms with Crippen molar-refractivity contribution < 1.29 is 14.3 Å². The third-order valence-electron chi connectivity index (χ3n) is 3.60. The molecule has 0 spiro atoms. The minimum absolute atomic E-state index is 0.209. The van der Waals surface area contributed by atoms with Crippen LogP contribution in [-0.2, 0) is 22.6 Å². The smallest absolute Gasteiger partial charge is 0.409 e. The highest BCUT2D eigenvalue weighted by molar-refractivity contribution is 5.67. The third-order valence-corrected chi connectivity index (χ3v) is 3.60. The second kappa shape index (κ2) is 7.99. The fourth-order valence-corrected chi connectivity index (χ4v) is 2.39. The van der Waals surface area contributed by atoms with E-state index in [0.717, 1.165) is 32.0 Å². The summed E-state index contributed by atoms with van der Waals surface area (Å²) >= 11 is 0. The lowest BCUT2D eigenvalue weighted by Gasteiger charge is -2.33. The summed E-state index contributed by atoms with van der Waals surface area (Å²) in [5.74, 6) is 1.04. The summed E-state index contributed by atoms with van der Waals surface area (Å²) in [7, 11) is 1.70. The topological polar surface area (TPSA) is 59.8 Å². The van der Waals surface area contributed by atoms with Gasteiger partial charge in [0.1, 0.15) is 5.82 Å². The molecule has 0 N–H and O–H groups in total. The van der Waals surface area contributed by atoms with E-state index in [0.29, 0.717) is 26.3 Å². The first-order chi connectivity index (χ1) is 10.2. The van der Waals surface area contributed by atoms with Gasteiger partial charge in [-0.25, -0.2) is 9.78 Å². The molecule has 0 aliphatic carbocycles. The Balaban J connectivity index is 1.81. The fraction of sp³-hybridized carbons (Fsp3) is 0.714. The molecule has 0 unspecified atom stereocenters.